The van der Waals surface area contributed by atoms with Gasteiger partial charge in [-0.25, -0.2) is 4.98 Å². The molecule has 2 N–H and O–H groups in total. The molecule has 0 saturated heterocycles. The highest BCUT2D eigenvalue weighted by molar-refractivity contribution is 5.77. The number of carbonyl (C=O) groups is 1. The largest absolute Gasteiger partial charge is 0.375 e. The molecule has 1 aromatic rings. The van der Waals surface area contributed by atoms with Gasteiger partial charge in [0, 0.05) is 20.1 Å². The van der Waals surface area contributed by atoms with Gasteiger partial charge in [-0.2, -0.15) is 5.10 Å². The molecule has 72 valence electrons. The van der Waals surface area contributed by atoms with Crippen LogP contribution in [0.15, 0.2) is 6.33 Å². The lowest BCUT2D eigenvalue weighted by molar-refractivity contribution is -0.124. The van der Waals surface area contributed by atoms with Crippen molar-refractivity contribution >= 4 is 5.91 Å². The van der Waals surface area contributed by atoms with Gasteiger partial charge in [-0.15, -0.1) is 0 Å². The van der Waals surface area contributed by atoms with Crippen LogP contribution in [-0.4, -0.2) is 41.3 Å². The molecule has 0 aliphatic heterocycles. The average Bonchev–Trinajstić information content (AvgIpc) is 2.57. The molecule has 0 spiro atoms. The molecular formula is C7H12N4O2. The molecule has 1 aromatic heterocycles. The Bertz CT molecular complexity index is 247. The van der Waals surface area contributed by atoms with E-state index in [4.69, 9.17) is 0 Å². The van der Waals surface area contributed by atoms with E-state index < -0.39 is 0 Å². The summed E-state index contributed by atoms with van der Waals surface area (Å²) in [5.41, 5.74) is 0. The monoisotopic (exact) mass is 184 g/mol. The summed E-state index contributed by atoms with van der Waals surface area (Å²) in [5, 5.41) is 9.05. The lowest BCUT2D eigenvalue weighted by Crippen LogP contribution is -2.29. The van der Waals surface area contributed by atoms with Crippen LogP contribution in [0.25, 0.3) is 0 Å². The van der Waals surface area contributed by atoms with E-state index in [1.165, 1.54) is 13.4 Å². The number of aromatic nitrogens is 3. The third kappa shape index (κ3) is 3.66. The van der Waals surface area contributed by atoms with Crippen molar-refractivity contribution in [3.63, 3.8) is 0 Å². The molecule has 0 fully saturated rings. The summed E-state index contributed by atoms with van der Waals surface area (Å²) >= 11 is 0. The van der Waals surface area contributed by atoms with Crippen molar-refractivity contribution in [2.75, 3.05) is 20.3 Å². The van der Waals surface area contributed by atoms with Gasteiger partial charge in [-0.05, 0) is 0 Å². The summed E-state index contributed by atoms with van der Waals surface area (Å²) in [6, 6.07) is 0. The summed E-state index contributed by atoms with van der Waals surface area (Å²) in [4.78, 5) is 14.8. The van der Waals surface area contributed by atoms with Gasteiger partial charge in [0.05, 0.1) is 0 Å². The van der Waals surface area contributed by atoms with E-state index in [2.05, 4.69) is 25.2 Å². The molecule has 0 atom stereocenters. The average molecular weight is 184 g/mol. The maximum atomic E-state index is 10.9. The van der Waals surface area contributed by atoms with Gasteiger partial charge < -0.3 is 10.1 Å². The minimum atomic E-state index is -0.123. The van der Waals surface area contributed by atoms with Gasteiger partial charge in [0.2, 0.25) is 5.91 Å². The molecule has 0 aliphatic carbocycles. The third-order valence-corrected chi connectivity index (χ3v) is 1.42. The van der Waals surface area contributed by atoms with Gasteiger partial charge in [0.1, 0.15) is 18.8 Å². The van der Waals surface area contributed by atoms with Gasteiger partial charge in [0.15, 0.2) is 0 Å². The fraction of sp³-hybridized carbons (Fsp3) is 0.571. The lowest BCUT2D eigenvalue weighted by atomic mass is 10.4. The number of methoxy groups -OCH3 is 1. The normalized spacial score (nSPS) is 9.92. The fourth-order valence-electron chi connectivity index (χ4n) is 0.854. The van der Waals surface area contributed by atoms with Crippen LogP contribution < -0.4 is 5.32 Å². The SMILES string of the molecule is COCC(=O)NCCc1ncn[nH]1. The summed E-state index contributed by atoms with van der Waals surface area (Å²) in [6.07, 6.45) is 2.09. The van der Waals surface area contributed by atoms with Crippen LogP contribution in [0, 0.1) is 0 Å². The highest BCUT2D eigenvalue weighted by Crippen LogP contribution is 1.84. The molecule has 1 heterocycles. The molecule has 1 amide bonds. The Morgan fingerprint density at radius 2 is 2.62 bits per heavy atom. The van der Waals surface area contributed by atoms with E-state index in [0.29, 0.717) is 13.0 Å². The molecule has 0 aliphatic rings. The van der Waals surface area contributed by atoms with Crippen molar-refractivity contribution in [3.8, 4) is 0 Å². The van der Waals surface area contributed by atoms with Gasteiger partial charge in [-0.3, -0.25) is 9.89 Å². The van der Waals surface area contributed by atoms with E-state index in [9.17, 15) is 4.79 Å². The third-order valence-electron chi connectivity index (χ3n) is 1.42. The van der Waals surface area contributed by atoms with E-state index in [-0.39, 0.29) is 12.5 Å². The summed E-state index contributed by atoms with van der Waals surface area (Å²) in [7, 11) is 1.48. The zero-order valence-corrected chi connectivity index (χ0v) is 7.41. The maximum Gasteiger partial charge on any atom is 0.245 e. The molecule has 1 rings (SSSR count). The highest BCUT2D eigenvalue weighted by Gasteiger charge is 1.99. The van der Waals surface area contributed by atoms with Crippen LogP contribution in [-0.2, 0) is 16.0 Å². The number of carbonyl (C=O) groups excluding carboxylic acids is 1. The smallest absolute Gasteiger partial charge is 0.245 e. The van der Waals surface area contributed by atoms with Crippen LogP contribution in [0.5, 0.6) is 0 Å². The van der Waals surface area contributed by atoms with E-state index in [1.54, 1.807) is 0 Å². The fourth-order valence-corrected chi connectivity index (χ4v) is 0.854. The minimum Gasteiger partial charge on any atom is -0.375 e. The van der Waals surface area contributed by atoms with Crippen molar-refractivity contribution in [1.82, 2.24) is 20.5 Å². The van der Waals surface area contributed by atoms with Gasteiger partial charge >= 0.3 is 0 Å². The van der Waals surface area contributed by atoms with Crippen molar-refractivity contribution in [1.29, 1.82) is 0 Å². The van der Waals surface area contributed by atoms with Crippen LogP contribution in [0.4, 0.5) is 0 Å². The van der Waals surface area contributed by atoms with Crippen molar-refractivity contribution in [2.24, 2.45) is 0 Å². The Kier molecular flexibility index (Phi) is 3.90. The number of amides is 1. The number of rotatable bonds is 5. The number of aromatic amines is 1. The summed E-state index contributed by atoms with van der Waals surface area (Å²) in [5.74, 6) is 0.639. The Morgan fingerprint density at radius 1 is 1.77 bits per heavy atom. The Balaban J connectivity index is 2.11. The van der Waals surface area contributed by atoms with E-state index >= 15 is 0 Å². The minimum absolute atomic E-state index is 0.0937. The first-order valence-corrected chi connectivity index (χ1v) is 3.93. The van der Waals surface area contributed by atoms with Crippen molar-refractivity contribution in [3.05, 3.63) is 12.2 Å². The van der Waals surface area contributed by atoms with Gasteiger partial charge in [0.25, 0.3) is 0 Å². The van der Waals surface area contributed by atoms with E-state index in [1.807, 2.05) is 0 Å². The zero-order valence-electron chi connectivity index (χ0n) is 7.41. The van der Waals surface area contributed by atoms with Crippen molar-refractivity contribution < 1.29 is 9.53 Å². The topological polar surface area (TPSA) is 79.9 Å². The summed E-state index contributed by atoms with van der Waals surface area (Å²) in [6.45, 7) is 0.633. The predicted octanol–water partition coefficient (Wildman–Crippen LogP) is -0.890. The second-order valence-electron chi connectivity index (χ2n) is 2.47. The summed E-state index contributed by atoms with van der Waals surface area (Å²) < 4.78 is 4.64. The van der Waals surface area contributed by atoms with Gasteiger partial charge in [-0.1, -0.05) is 0 Å². The first-order chi connectivity index (χ1) is 6.33. The van der Waals surface area contributed by atoms with Crippen LogP contribution in [0.1, 0.15) is 5.82 Å². The first-order valence-electron chi connectivity index (χ1n) is 3.93. The quantitative estimate of drug-likeness (QED) is 0.622. The molecule has 13 heavy (non-hydrogen) atoms. The van der Waals surface area contributed by atoms with Crippen LogP contribution in [0.3, 0.4) is 0 Å². The number of ether oxygens (including phenoxy) is 1. The van der Waals surface area contributed by atoms with Crippen LogP contribution >= 0.6 is 0 Å². The number of nitrogens with zero attached hydrogens (tertiary/aromatic N) is 2. The molecule has 0 bridgehead atoms. The molecule has 0 aromatic carbocycles. The second kappa shape index (κ2) is 5.26. The first kappa shape index (κ1) is 9.66. The Hall–Kier alpha value is -1.43. The number of H-pyrrole nitrogens is 1. The van der Waals surface area contributed by atoms with Crippen molar-refractivity contribution in [2.45, 2.75) is 6.42 Å². The molecule has 0 unspecified atom stereocenters. The van der Waals surface area contributed by atoms with Crippen LogP contribution in [0.2, 0.25) is 0 Å². The highest BCUT2D eigenvalue weighted by atomic mass is 16.5. The lowest BCUT2D eigenvalue weighted by Gasteiger charge is -2.01. The number of hydrogen-bond donors (Lipinski definition) is 2. The van der Waals surface area contributed by atoms with E-state index in [0.717, 1.165) is 5.82 Å². The number of hydrogen-bond acceptors (Lipinski definition) is 4. The zero-order chi connectivity index (χ0) is 9.52. The Morgan fingerprint density at radius 3 is 3.23 bits per heavy atom. The second-order valence-corrected chi connectivity index (χ2v) is 2.47. The Labute approximate surface area is 75.7 Å². The number of nitrogens with one attached hydrogen (secondary N) is 2. The maximum absolute atomic E-state index is 10.9. The molecular weight excluding hydrogens is 172 g/mol. The molecule has 0 radical (unpaired) electrons. The molecule has 6 heteroatoms. The standard InChI is InChI=1S/C7H12N4O2/c1-13-4-7(12)8-3-2-6-9-5-10-11-6/h5H,2-4H2,1H3,(H,8,12)(H,9,10,11). The predicted molar refractivity (Wildman–Crippen MR) is 45.0 cm³/mol. The molecule has 6 nitrogen and oxygen atoms in total. The molecule has 0 saturated carbocycles.